The number of ether oxygens (including phenoxy) is 2. The predicted molar refractivity (Wildman–Crippen MR) is 69.9 cm³/mol. The lowest BCUT2D eigenvalue weighted by Crippen LogP contribution is -2.23. The highest BCUT2D eigenvalue weighted by Gasteiger charge is 2.09. The van der Waals surface area contributed by atoms with Gasteiger partial charge < -0.3 is 15.2 Å². The summed E-state index contributed by atoms with van der Waals surface area (Å²) in [5.74, 6) is 0. The molecule has 1 aromatic carbocycles. The number of benzene rings is 1. The van der Waals surface area contributed by atoms with Gasteiger partial charge >= 0.3 is 0 Å². The summed E-state index contributed by atoms with van der Waals surface area (Å²) in [4.78, 5) is 0. The van der Waals surface area contributed by atoms with Crippen molar-refractivity contribution in [3.63, 3.8) is 0 Å². The van der Waals surface area contributed by atoms with E-state index in [0.29, 0.717) is 19.8 Å². The molecule has 0 radical (unpaired) electrons. The van der Waals surface area contributed by atoms with Crippen LogP contribution in [0.25, 0.3) is 0 Å². The third kappa shape index (κ3) is 6.41. The molecule has 1 unspecified atom stereocenters. The summed E-state index contributed by atoms with van der Waals surface area (Å²) >= 11 is 0. The Kier molecular flexibility index (Phi) is 5.62. The molecule has 96 valence electrons. The van der Waals surface area contributed by atoms with Crippen molar-refractivity contribution in [1.82, 2.24) is 0 Å². The van der Waals surface area contributed by atoms with Crippen LogP contribution in [0.1, 0.15) is 32.4 Å². The third-order valence-electron chi connectivity index (χ3n) is 2.29. The third-order valence-corrected chi connectivity index (χ3v) is 2.29. The molecule has 17 heavy (non-hydrogen) atoms. The van der Waals surface area contributed by atoms with Gasteiger partial charge in [-0.05, 0) is 26.3 Å². The molecule has 0 aliphatic rings. The first kappa shape index (κ1) is 14.2. The molecule has 0 aromatic heterocycles. The Balaban J connectivity index is 2.15. The molecule has 1 atom stereocenters. The van der Waals surface area contributed by atoms with E-state index in [2.05, 4.69) is 0 Å². The topological polar surface area (TPSA) is 44.5 Å². The highest BCUT2D eigenvalue weighted by molar-refractivity contribution is 5.18. The van der Waals surface area contributed by atoms with E-state index in [0.717, 1.165) is 5.56 Å². The minimum absolute atomic E-state index is 0.0640. The molecular formula is C14H23NO2. The van der Waals surface area contributed by atoms with Crippen LogP contribution in [0.15, 0.2) is 30.3 Å². The summed E-state index contributed by atoms with van der Waals surface area (Å²) in [5.41, 5.74) is 6.99. The molecule has 0 aliphatic carbocycles. The fourth-order valence-electron chi connectivity index (χ4n) is 1.41. The van der Waals surface area contributed by atoms with Gasteiger partial charge in [0.1, 0.15) is 0 Å². The van der Waals surface area contributed by atoms with Gasteiger partial charge in [0.15, 0.2) is 0 Å². The van der Waals surface area contributed by atoms with Gasteiger partial charge in [-0.2, -0.15) is 0 Å². The molecule has 0 fully saturated rings. The molecule has 2 N–H and O–H groups in total. The summed E-state index contributed by atoms with van der Waals surface area (Å²) in [6, 6.07) is 9.91. The zero-order valence-electron chi connectivity index (χ0n) is 11.0. The van der Waals surface area contributed by atoms with Gasteiger partial charge in [-0.1, -0.05) is 30.3 Å². The molecule has 0 bridgehead atoms. The lowest BCUT2D eigenvalue weighted by atomic mass is 10.1. The molecule has 1 rings (SSSR count). The molecule has 0 saturated heterocycles. The number of hydrogen-bond acceptors (Lipinski definition) is 3. The lowest BCUT2D eigenvalue weighted by Gasteiger charge is -2.20. The number of nitrogens with two attached hydrogens (primary N) is 1. The average molecular weight is 237 g/mol. The standard InChI is InChI=1S/C14H23NO2/c1-14(2,3)17-10-9-16-11-13(15)12-7-5-4-6-8-12/h4-8,13H,9-11,15H2,1-3H3. The summed E-state index contributed by atoms with van der Waals surface area (Å²) in [6.45, 7) is 7.80. The molecule has 3 heteroatoms. The van der Waals surface area contributed by atoms with Gasteiger partial charge in [-0.25, -0.2) is 0 Å². The first-order valence-corrected chi connectivity index (χ1v) is 6.01. The van der Waals surface area contributed by atoms with E-state index in [-0.39, 0.29) is 11.6 Å². The molecule has 0 spiro atoms. The lowest BCUT2D eigenvalue weighted by molar-refractivity contribution is -0.0363. The van der Waals surface area contributed by atoms with Gasteiger partial charge in [-0.15, -0.1) is 0 Å². The zero-order chi connectivity index (χ0) is 12.7. The minimum atomic E-state index is -0.106. The molecule has 0 saturated carbocycles. The van der Waals surface area contributed by atoms with Gasteiger partial charge in [0, 0.05) is 0 Å². The molecule has 3 nitrogen and oxygen atoms in total. The second-order valence-electron chi connectivity index (χ2n) is 5.05. The summed E-state index contributed by atoms with van der Waals surface area (Å²) in [7, 11) is 0. The van der Waals surface area contributed by atoms with Crippen LogP contribution >= 0.6 is 0 Å². The van der Waals surface area contributed by atoms with Crippen molar-refractivity contribution in [2.24, 2.45) is 5.73 Å². The Morgan fingerprint density at radius 2 is 1.76 bits per heavy atom. The zero-order valence-corrected chi connectivity index (χ0v) is 11.0. The van der Waals surface area contributed by atoms with Crippen molar-refractivity contribution in [1.29, 1.82) is 0 Å². The second-order valence-corrected chi connectivity index (χ2v) is 5.05. The van der Waals surface area contributed by atoms with Gasteiger partial charge in [0.05, 0.1) is 31.5 Å². The van der Waals surface area contributed by atoms with E-state index in [4.69, 9.17) is 15.2 Å². The number of rotatable bonds is 6. The minimum Gasteiger partial charge on any atom is -0.377 e. The van der Waals surface area contributed by atoms with Crippen LogP contribution in [0.4, 0.5) is 0 Å². The van der Waals surface area contributed by atoms with Crippen LogP contribution in [-0.4, -0.2) is 25.4 Å². The van der Waals surface area contributed by atoms with Crippen LogP contribution in [0.2, 0.25) is 0 Å². The molecule has 0 amide bonds. The Morgan fingerprint density at radius 3 is 2.35 bits per heavy atom. The summed E-state index contributed by atoms with van der Waals surface area (Å²) < 4.78 is 11.0. The van der Waals surface area contributed by atoms with Crippen LogP contribution < -0.4 is 5.73 Å². The summed E-state index contributed by atoms with van der Waals surface area (Å²) in [5, 5.41) is 0. The SMILES string of the molecule is CC(C)(C)OCCOCC(N)c1ccccc1. The Hall–Kier alpha value is -0.900. The largest absolute Gasteiger partial charge is 0.377 e. The van der Waals surface area contributed by atoms with E-state index < -0.39 is 0 Å². The number of hydrogen-bond donors (Lipinski definition) is 1. The Morgan fingerprint density at radius 1 is 1.12 bits per heavy atom. The first-order chi connectivity index (χ1) is 7.99. The fraction of sp³-hybridized carbons (Fsp3) is 0.571. The fourth-order valence-corrected chi connectivity index (χ4v) is 1.41. The molecule has 0 heterocycles. The maximum atomic E-state index is 6.00. The van der Waals surface area contributed by atoms with Gasteiger partial charge in [0.2, 0.25) is 0 Å². The monoisotopic (exact) mass is 237 g/mol. The van der Waals surface area contributed by atoms with E-state index in [1.807, 2.05) is 51.1 Å². The van der Waals surface area contributed by atoms with Crippen molar-refractivity contribution < 1.29 is 9.47 Å². The van der Waals surface area contributed by atoms with Crippen LogP contribution in [0.3, 0.4) is 0 Å². The Labute approximate surface area is 104 Å². The highest BCUT2D eigenvalue weighted by atomic mass is 16.5. The first-order valence-electron chi connectivity index (χ1n) is 6.01. The summed E-state index contributed by atoms with van der Waals surface area (Å²) in [6.07, 6.45) is 0. The molecule has 0 aliphatic heterocycles. The average Bonchev–Trinajstić information content (AvgIpc) is 2.28. The highest BCUT2D eigenvalue weighted by Crippen LogP contribution is 2.10. The van der Waals surface area contributed by atoms with Crippen LogP contribution in [-0.2, 0) is 9.47 Å². The van der Waals surface area contributed by atoms with E-state index in [1.165, 1.54) is 0 Å². The maximum Gasteiger partial charge on any atom is 0.0707 e. The second kappa shape index (κ2) is 6.74. The van der Waals surface area contributed by atoms with Crippen molar-refractivity contribution in [3.8, 4) is 0 Å². The quantitative estimate of drug-likeness (QED) is 0.773. The predicted octanol–water partition coefficient (Wildman–Crippen LogP) is 2.52. The van der Waals surface area contributed by atoms with E-state index >= 15 is 0 Å². The van der Waals surface area contributed by atoms with Crippen molar-refractivity contribution in [3.05, 3.63) is 35.9 Å². The van der Waals surface area contributed by atoms with Crippen molar-refractivity contribution in [2.75, 3.05) is 19.8 Å². The Bertz CT molecular complexity index is 306. The van der Waals surface area contributed by atoms with Gasteiger partial charge in [-0.3, -0.25) is 0 Å². The molecular weight excluding hydrogens is 214 g/mol. The van der Waals surface area contributed by atoms with Gasteiger partial charge in [0.25, 0.3) is 0 Å². The van der Waals surface area contributed by atoms with Crippen LogP contribution in [0, 0.1) is 0 Å². The maximum absolute atomic E-state index is 6.00. The normalized spacial score (nSPS) is 13.6. The van der Waals surface area contributed by atoms with Crippen LogP contribution in [0.5, 0.6) is 0 Å². The van der Waals surface area contributed by atoms with Crippen molar-refractivity contribution >= 4 is 0 Å². The van der Waals surface area contributed by atoms with E-state index in [9.17, 15) is 0 Å². The molecule has 1 aromatic rings. The smallest absolute Gasteiger partial charge is 0.0707 e. The van der Waals surface area contributed by atoms with Crippen molar-refractivity contribution in [2.45, 2.75) is 32.4 Å². The van der Waals surface area contributed by atoms with E-state index in [1.54, 1.807) is 0 Å².